The van der Waals surface area contributed by atoms with Gasteiger partial charge in [0.05, 0.1) is 6.54 Å². The predicted octanol–water partition coefficient (Wildman–Crippen LogP) is 0.800. The number of carbonyl (C=O) groups is 2. The fourth-order valence-electron chi connectivity index (χ4n) is 2.41. The number of ketones is 2. The highest BCUT2D eigenvalue weighted by atomic mass is 79.9. The Morgan fingerprint density at radius 1 is 0.846 bits per heavy atom. The number of hydrogen-bond acceptors (Lipinski definition) is 5. The van der Waals surface area contributed by atoms with E-state index >= 15 is 0 Å². The maximum absolute atomic E-state index is 12.3. The van der Waals surface area contributed by atoms with Crippen molar-refractivity contribution in [1.29, 1.82) is 0 Å². The van der Waals surface area contributed by atoms with Gasteiger partial charge in [-0.1, -0.05) is 56.1 Å². The van der Waals surface area contributed by atoms with E-state index in [0.717, 1.165) is 8.95 Å². The molecule has 2 aromatic carbocycles. The Balaban J connectivity index is 0.00000243. The van der Waals surface area contributed by atoms with Crippen molar-refractivity contribution in [2.45, 2.75) is 0 Å². The Labute approximate surface area is 179 Å². The number of halogens is 3. The van der Waals surface area contributed by atoms with Gasteiger partial charge >= 0.3 is 0 Å². The third-order valence-electron chi connectivity index (χ3n) is 3.73. The molecule has 5 nitrogen and oxygen atoms in total. The van der Waals surface area contributed by atoms with E-state index in [-0.39, 0.29) is 41.6 Å². The van der Waals surface area contributed by atoms with Crippen molar-refractivity contribution in [3.05, 3.63) is 68.6 Å². The van der Waals surface area contributed by atoms with Crippen molar-refractivity contribution in [3.8, 4) is 0 Å². The first-order valence-corrected chi connectivity index (χ1v) is 9.20. The summed E-state index contributed by atoms with van der Waals surface area (Å²) in [7, 11) is 0. The van der Waals surface area contributed by atoms with E-state index in [9.17, 15) is 9.59 Å². The molecule has 0 spiro atoms. The van der Waals surface area contributed by atoms with Crippen LogP contribution in [0.4, 0.5) is 0 Å². The zero-order valence-electron chi connectivity index (χ0n) is 13.6. The van der Waals surface area contributed by atoms with Crippen LogP contribution >= 0.6 is 31.9 Å². The lowest BCUT2D eigenvalue weighted by molar-refractivity contribution is -0.0000213. The first kappa shape index (κ1) is 20.8. The minimum Gasteiger partial charge on any atom is -1.00 e. The predicted molar refractivity (Wildman–Crippen MR) is 104 cm³/mol. The van der Waals surface area contributed by atoms with Crippen molar-refractivity contribution in [2.75, 3.05) is 19.8 Å². The van der Waals surface area contributed by atoms with E-state index in [1.807, 2.05) is 24.3 Å². The highest BCUT2D eigenvalue weighted by molar-refractivity contribution is 9.10. The highest BCUT2D eigenvalue weighted by Gasteiger charge is 2.20. The fraction of sp³-hybridized carbons (Fsp3) is 0.167. The smallest absolute Gasteiger partial charge is 0.183 e. The summed E-state index contributed by atoms with van der Waals surface area (Å²) >= 11 is 6.70. The van der Waals surface area contributed by atoms with E-state index in [1.165, 1.54) is 0 Å². The average molecular weight is 545 g/mol. The van der Waals surface area contributed by atoms with Gasteiger partial charge in [0, 0.05) is 20.1 Å². The molecule has 26 heavy (non-hydrogen) atoms. The molecule has 0 bridgehead atoms. The van der Waals surface area contributed by atoms with Gasteiger partial charge in [-0.05, 0) is 24.3 Å². The van der Waals surface area contributed by atoms with Crippen LogP contribution in [0.15, 0.2) is 62.6 Å². The molecule has 1 heterocycles. The first-order valence-electron chi connectivity index (χ1n) is 7.62. The van der Waals surface area contributed by atoms with Crippen LogP contribution in [0.2, 0.25) is 0 Å². The Kier molecular flexibility index (Phi) is 7.55. The van der Waals surface area contributed by atoms with E-state index in [2.05, 4.69) is 37.0 Å². The molecule has 0 aliphatic carbocycles. The number of carbonyl (C=O) groups excluding carboxylic acids is 2. The maximum Gasteiger partial charge on any atom is 0.183 e. The van der Waals surface area contributed by atoms with Gasteiger partial charge in [-0.15, -0.1) is 0 Å². The number of Topliss-reactive ketones (excluding diaryl/α,β-unsaturated/α-hetero) is 2. The lowest BCUT2D eigenvalue weighted by atomic mass is 10.1. The summed E-state index contributed by atoms with van der Waals surface area (Å²) in [6.45, 7) is 0.833. The van der Waals surface area contributed by atoms with E-state index in [4.69, 9.17) is 0 Å². The largest absolute Gasteiger partial charge is 1.00 e. The highest BCUT2D eigenvalue weighted by Crippen LogP contribution is 2.14. The molecule has 0 amide bonds. The molecule has 0 radical (unpaired) electrons. The topological polar surface area (TPSA) is 53.0 Å². The number of hydrogen-bond donors (Lipinski definition) is 0. The van der Waals surface area contributed by atoms with Gasteiger partial charge in [0.1, 0.15) is 19.6 Å². The maximum atomic E-state index is 12.3. The molecule has 0 N–H and O–H groups in total. The van der Waals surface area contributed by atoms with Crippen LogP contribution in [0.3, 0.4) is 0 Å². The lowest BCUT2D eigenvalue weighted by Crippen LogP contribution is -3.00. The fourth-order valence-corrected chi connectivity index (χ4v) is 2.94. The lowest BCUT2D eigenvalue weighted by Gasteiger charge is -2.18. The summed E-state index contributed by atoms with van der Waals surface area (Å²) < 4.78 is 1.87. The van der Waals surface area contributed by atoms with Crippen molar-refractivity contribution in [2.24, 2.45) is 5.10 Å². The van der Waals surface area contributed by atoms with Gasteiger partial charge in [0.2, 0.25) is 0 Å². The molecule has 2 aromatic rings. The second kappa shape index (κ2) is 9.43. The summed E-state index contributed by atoms with van der Waals surface area (Å²) in [4.78, 5) is 26.4. The Morgan fingerprint density at radius 2 is 1.31 bits per heavy atom. The monoisotopic (exact) mass is 542 g/mol. The minimum atomic E-state index is -0.00858. The molecular weight excluding hydrogens is 530 g/mol. The van der Waals surface area contributed by atoms with Crippen molar-refractivity contribution >= 4 is 49.8 Å². The Morgan fingerprint density at radius 3 is 1.81 bits per heavy atom. The van der Waals surface area contributed by atoms with Gasteiger partial charge in [-0.3, -0.25) is 14.6 Å². The molecule has 0 unspecified atom stereocenters. The molecule has 8 heteroatoms. The summed E-state index contributed by atoms with van der Waals surface area (Å²) in [6.07, 6.45) is 1.60. The third kappa shape index (κ3) is 5.49. The number of rotatable bonds is 6. The summed E-state index contributed by atoms with van der Waals surface area (Å²) in [5.74, 6) is 0.00534. The van der Waals surface area contributed by atoms with Crippen LogP contribution < -0.4 is 17.0 Å². The second-order valence-electron chi connectivity index (χ2n) is 5.64. The third-order valence-corrected chi connectivity index (χ3v) is 4.79. The van der Waals surface area contributed by atoms with Crippen molar-refractivity contribution < 1.29 is 26.6 Å². The molecule has 0 saturated carbocycles. The standard InChI is InChI=1S/C18H15Br2N3O2.BrH/c19-15-5-1-13(2-6-15)17(24)9-22-11-21-23(12-22)10-18(25)14-3-7-16(20)8-4-14;/h1-8,11H,9-10,12H2;1H/p-1. The summed E-state index contributed by atoms with van der Waals surface area (Å²) in [5.41, 5.74) is 1.30. The number of nitrogens with zero attached hydrogens (tertiary/aromatic N) is 3. The molecule has 0 atom stereocenters. The molecule has 0 aromatic heterocycles. The van der Waals surface area contributed by atoms with Crippen LogP contribution in [0, 0.1) is 0 Å². The number of hydrazone groups is 1. The van der Waals surface area contributed by atoms with Crippen LogP contribution in [0.1, 0.15) is 20.7 Å². The van der Waals surface area contributed by atoms with Crippen molar-refractivity contribution in [3.63, 3.8) is 0 Å². The van der Waals surface area contributed by atoms with Crippen LogP contribution in [0.5, 0.6) is 0 Å². The summed E-state index contributed by atoms with van der Waals surface area (Å²) in [6, 6.07) is 14.5. The SMILES string of the molecule is O=C(CN1C=NN(CC(=O)c2ccc(Br)cc2)C1)c1ccc(Br)cc1.[Br-]. The molecule has 1 aliphatic heterocycles. The molecule has 136 valence electrons. The van der Waals surface area contributed by atoms with E-state index < -0.39 is 0 Å². The quantitative estimate of drug-likeness (QED) is 0.505. The Bertz CT molecular complexity index is 740. The second-order valence-corrected chi connectivity index (χ2v) is 7.48. The van der Waals surface area contributed by atoms with E-state index in [0.29, 0.717) is 17.8 Å². The van der Waals surface area contributed by atoms with Crippen molar-refractivity contribution in [1.82, 2.24) is 9.91 Å². The Hall–Kier alpha value is -1.51. The molecule has 0 saturated heterocycles. The van der Waals surface area contributed by atoms with Crippen LogP contribution in [-0.2, 0) is 0 Å². The molecule has 3 rings (SSSR count). The molecular formula is C18H15Br3N3O2-. The normalized spacial score (nSPS) is 12.8. The molecule has 0 fully saturated rings. The van der Waals surface area contributed by atoms with Gasteiger partial charge in [-0.25, -0.2) is 0 Å². The summed E-state index contributed by atoms with van der Waals surface area (Å²) in [5, 5.41) is 5.86. The molecule has 1 aliphatic rings. The minimum absolute atomic E-state index is 0. The number of benzene rings is 2. The van der Waals surface area contributed by atoms with Crippen LogP contribution in [-0.4, -0.2) is 47.6 Å². The zero-order valence-corrected chi connectivity index (χ0v) is 18.4. The van der Waals surface area contributed by atoms with Gasteiger partial charge < -0.3 is 21.9 Å². The van der Waals surface area contributed by atoms with Gasteiger partial charge in [0.25, 0.3) is 0 Å². The van der Waals surface area contributed by atoms with Gasteiger partial charge in [0.15, 0.2) is 11.6 Å². The zero-order chi connectivity index (χ0) is 17.8. The average Bonchev–Trinajstić information content (AvgIpc) is 3.02. The first-order chi connectivity index (χ1) is 12.0. The van der Waals surface area contributed by atoms with Crippen LogP contribution in [0.25, 0.3) is 0 Å². The van der Waals surface area contributed by atoms with E-state index in [1.54, 1.807) is 40.5 Å². The van der Waals surface area contributed by atoms with Gasteiger partial charge in [-0.2, -0.15) is 5.10 Å².